The third-order valence-corrected chi connectivity index (χ3v) is 4.01. The molecule has 1 aromatic heterocycles. The van der Waals surface area contributed by atoms with E-state index in [1.165, 1.54) is 0 Å². The van der Waals surface area contributed by atoms with E-state index in [-0.39, 0.29) is 5.91 Å². The Morgan fingerprint density at radius 1 is 1.32 bits per heavy atom. The molecule has 1 aromatic carbocycles. The molecule has 0 bridgehead atoms. The number of nitrogens with zero attached hydrogens (tertiary/aromatic N) is 3. The first-order valence-electron chi connectivity index (χ1n) is 5.90. The summed E-state index contributed by atoms with van der Waals surface area (Å²) < 4.78 is 2.77. The standard InChI is InChI=1S/C13H11BrClN3O/c14-9-1-2-12(15)11(7-9)13(19)17-5-6-18-10(8-17)3-4-16-18/h1-4,7H,5-6,8H2. The molecule has 19 heavy (non-hydrogen) atoms. The Labute approximate surface area is 124 Å². The Hall–Kier alpha value is -1.33. The highest BCUT2D eigenvalue weighted by atomic mass is 79.9. The van der Waals surface area contributed by atoms with Gasteiger partial charge in [0.1, 0.15) is 0 Å². The minimum absolute atomic E-state index is 0.0428. The van der Waals surface area contributed by atoms with Crippen molar-refractivity contribution in [2.24, 2.45) is 0 Å². The first kappa shape index (κ1) is 12.7. The molecule has 1 aliphatic heterocycles. The second-order valence-electron chi connectivity index (χ2n) is 4.40. The molecular weight excluding hydrogens is 330 g/mol. The zero-order chi connectivity index (χ0) is 13.4. The molecule has 98 valence electrons. The highest BCUT2D eigenvalue weighted by molar-refractivity contribution is 9.10. The second kappa shape index (κ2) is 4.98. The van der Waals surface area contributed by atoms with E-state index >= 15 is 0 Å². The van der Waals surface area contributed by atoms with Crippen LogP contribution in [0.5, 0.6) is 0 Å². The number of amides is 1. The average molecular weight is 341 g/mol. The second-order valence-corrected chi connectivity index (χ2v) is 5.72. The van der Waals surface area contributed by atoms with Crippen molar-refractivity contribution < 1.29 is 4.79 Å². The van der Waals surface area contributed by atoms with Crippen LogP contribution in [0.4, 0.5) is 0 Å². The Balaban J connectivity index is 1.87. The van der Waals surface area contributed by atoms with Crippen LogP contribution >= 0.6 is 27.5 Å². The van der Waals surface area contributed by atoms with Crippen LogP contribution < -0.4 is 0 Å². The van der Waals surface area contributed by atoms with Crippen molar-refractivity contribution in [3.63, 3.8) is 0 Å². The summed E-state index contributed by atoms with van der Waals surface area (Å²) in [5.74, 6) is -0.0428. The zero-order valence-electron chi connectivity index (χ0n) is 10.0. The van der Waals surface area contributed by atoms with E-state index in [9.17, 15) is 4.79 Å². The number of aromatic nitrogens is 2. The number of fused-ring (bicyclic) bond motifs is 1. The molecule has 2 heterocycles. The zero-order valence-corrected chi connectivity index (χ0v) is 12.4. The smallest absolute Gasteiger partial charge is 0.255 e. The van der Waals surface area contributed by atoms with Gasteiger partial charge in [0.15, 0.2) is 0 Å². The van der Waals surface area contributed by atoms with Gasteiger partial charge >= 0.3 is 0 Å². The molecule has 1 aliphatic rings. The van der Waals surface area contributed by atoms with Gasteiger partial charge in [-0.3, -0.25) is 9.48 Å². The van der Waals surface area contributed by atoms with Gasteiger partial charge in [0.2, 0.25) is 0 Å². The summed E-state index contributed by atoms with van der Waals surface area (Å²) in [7, 11) is 0. The Bertz CT molecular complexity index is 641. The summed E-state index contributed by atoms with van der Waals surface area (Å²) in [6, 6.07) is 7.25. The number of benzene rings is 1. The molecule has 0 unspecified atom stereocenters. The topological polar surface area (TPSA) is 38.1 Å². The quantitative estimate of drug-likeness (QED) is 0.800. The van der Waals surface area contributed by atoms with Gasteiger partial charge in [0.05, 0.1) is 29.4 Å². The number of carbonyl (C=O) groups excluding carboxylic acids is 1. The largest absolute Gasteiger partial charge is 0.331 e. The summed E-state index contributed by atoms with van der Waals surface area (Å²) in [6.45, 7) is 1.94. The lowest BCUT2D eigenvalue weighted by atomic mass is 10.1. The summed E-state index contributed by atoms with van der Waals surface area (Å²) in [6.07, 6.45) is 1.76. The van der Waals surface area contributed by atoms with Gasteiger partial charge in [-0.2, -0.15) is 5.10 Å². The molecule has 0 saturated heterocycles. The highest BCUT2D eigenvalue weighted by Gasteiger charge is 2.23. The fourth-order valence-electron chi connectivity index (χ4n) is 2.19. The molecular formula is C13H11BrClN3O. The molecule has 0 atom stereocenters. The van der Waals surface area contributed by atoms with E-state index in [2.05, 4.69) is 21.0 Å². The molecule has 0 N–H and O–H groups in total. The lowest BCUT2D eigenvalue weighted by Gasteiger charge is -2.28. The molecule has 6 heteroatoms. The molecule has 0 spiro atoms. The number of hydrogen-bond donors (Lipinski definition) is 0. The molecule has 0 fully saturated rings. The number of rotatable bonds is 1. The van der Waals surface area contributed by atoms with Crippen LogP contribution in [0.2, 0.25) is 5.02 Å². The Morgan fingerprint density at radius 3 is 3.00 bits per heavy atom. The lowest BCUT2D eigenvalue weighted by molar-refractivity contribution is 0.0706. The summed E-state index contributed by atoms with van der Waals surface area (Å²) in [5, 5.41) is 4.68. The predicted octanol–water partition coefficient (Wildman–Crippen LogP) is 2.96. The molecule has 4 nitrogen and oxygen atoms in total. The maximum atomic E-state index is 12.5. The van der Waals surface area contributed by atoms with E-state index < -0.39 is 0 Å². The van der Waals surface area contributed by atoms with E-state index in [0.717, 1.165) is 16.7 Å². The monoisotopic (exact) mass is 339 g/mol. The maximum Gasteiger partial charge on any atom is 0.255 e. The first-order chi connectivity index (χ1) is 9.15. The SMILES string of the molecule is O=C(c1cc(Br)ccc1Cl)N1CCn2nccc2C1. The van der Waals surface area contributed by atoms with E-state index in [0.29, 0.717) is 23.7 Å². The minimum atomic E-state index is -0.0428. The van der Waals surface area contributed by atoms with Crippen LogP contribution in [0.25, 0.3) is 0 Å². The Kier molecular flexibility index (Phi) is 3.33. The molecule has 0 saturated carbocycles. The summed E-state index contributed by atoms with van der Waals surface area (Å²) in [5.41, 5.74) is 1.58. The van der Waals surface area contributed by atoms with Gasteiger partial charge in [-0.25, -0.2) is 0 Å². The third-order valence-electron chi connectivity index (χ3n) is 3.19. The van der Waals surface area contributed by atoms with Crippen molar-refractivity contribution in [2.45, 2.75) is 13.1 Å². The highest BCUT2D eigenvalue weighted by Crippen LogP contribution is 2.24. The normalized spacial score (nSPS) is 14.3. The van der Waals surface area contributed by atoms with E-state index in [1.807, 2.05) is 16.8 Å². The van der Waals surface area contributed by atoms with Crippen molar-refractivity contribution in [1.82, 2.24) is 14.7 Å². The number of hydrogen-bond acceptors (Lipinski definition) is 2. The number of halogens is 2. The van der Waals surface area contributed by atoms with Crippen LogP contribution in [0.15, 0.2) is 34.9 Å². The maximum absolute atomic E-state index is 12.5. The summed E-state index contributed by atoms with van der Waals surface area (Å²) >= 11 is 9.47. The predicted molar refractivity (Wildman–Crippen MR) is 76.1 cm³/mol. The summed E-state index contributed by atoms with van der Waals surface area (Å²) in [4.78, 5) is 14.3. The van der Waals surface area contributed by atoms with Crippen LogP contribution in [-0.2, 0) is 13.1 Å². The van der Waals surface area contributed by atoms with Crippen LogP contribution in [0, 0.1) is 0 Å². The van der Waals surface area contributed by atoms with Gasteiger partial charge in [-0.05, 0) is 24.3 Å². The van der Waals surface area contributed by atoms with Gasteiger partial charge in [-0.1, -0.05) is 27.5 Å². The first-order valence-corrected chi connectivity index (χ1v) is 7.07. The van der Waals surface area contributed by atoms with Crippen LogP contribution in [0.1, 0.15) is 16.1 Å². The van der Waals surface area contributed by atoms with Gasteiger partial charge in [-0.15, -0.1) is 0 Å². The van der Waals surface area contributed by atoms with Crippen molar-refractivity contribution in [3.05, 3.63) is 51.2 Å². The fourth-order valence-corrected chi connectivity index (χ4v) is 2.75. The molecule has 1 amide bonds. The molecule has 2 aromatic rings. The van der Waals surface area contributed by atoms with E-state index in [1.54, 1.807) is 23.2 Å². The fraction of sp³-hybridized carbons (Fsp3) is 0.231. The van der Waals surface area contributed by atoms with E-state index in [4.69, 9.17) is 11.6 Å². The minimum Gasteiger partial charge on any atom is -0.331 e. The van der Waals surface area contributed by atoms with Crippen LogP contribution in [-0.4, -0.2) is 27.1 Å². The molecule has 0 aliphatic carbocycles. The van der Waals surface area contributed by atoms with Gasteiger partial charge in [0.25, 0.3) is 5.91 Å². The van der Waals surface area contributed by atoms with Gasteiger partial charge in [0, 0.05) is 17.2 Å². The average Bonchev–Trinajstić information content (AvgIpc) is 2.88. The Morgan fingerprint density at radius 2 is 2.16 bits per heavy atom. The van der Waals surface area contributed by atoms with Crippen molar-refractivity contribution in [3.8, 4) is 0 Å². The van der Waals surface area contributed by atoms with Gasteiger partial charge < -0.3 is 4.90 Å². The lowest BCUT2D eigenvalue weighted by Crippen LogP contribution is -2.38. The van der Waals surface area contributed by atoms with Crippen molar-refractivity contribution in [1.29, 1.82) is 0 Å². The molecule has 0 radical (unpaired) electrons. The third kappa shape index (κ3) is 2.40. The number of carbonyl (C=O) groups is 1. The van der Waals surface area contributed by atoms with Crippen molar-refractivity contribution in [2.75, 3.05) is 6.54 Å². The van der Waals surface area contributed by atoms with Crippen LogP contribution in [0.3, 0.4) is 0 Å². The van der Waals surface area contributed by atoms with Crippen molar-refractivity contribution >= 4 is 33.4 Å². The molecule has 3 rings (SSSR count).